The summed E-state index contributed by atoms with van der Waals surface area (Å²) in [6, 6.07) is 11.4. The van der Waals surface area contributed by atoms with E-state index in [1.54, 1.807) is 34.4 Å². The molecule has 3 N–H and O–H groups in total. The third kappa shape index (κ3) is 3.80. The van der Waals surface area contributed by atoms with Gasteiger partial charge in [0.15, 0.2) is 8.68 Å². The van der Waals surface area contributed by atoms with Crippen LogP contribution >= 0.6 is 46.2 Å². The van der Waals surface area contributed by atoms with Gasteiger partial charge in [0.05, 0.1) is 26.2 Å². The molecule has 0 unspecified atom stereocenters. The minimum Gasteiger partial charge on any atom is -0.399 e. The highest BCUT2D eigenvalue weighted by Crippen LogP contribution is 2.32. The van der Waals surface area contributed by atoms with Crippen LogP contribution in [0.2, 0.25) is 0 Å². The number of thioether (sulfide) groups is 2. The van der Waals surface area contributed by atoms with Gasteiger partial charge >= 0.3 is 0 Å². The standard InChI is InChI=1S/C17H14N4OS4/c1-23-16-20-12-5-3-10(7-14(12)25-16)19-15(22)8-24-17-21-11-4-2-9(18)6-13(11)26-17/h2-7H,8,18H2,1H3,(H,19,22). The molecule has 0 spiro atoms. The summed E-state index contributed by atoms with van der Waals surface area (Å²) in [4.78, 5) is 21.3. The molecule has 0 aliphatic carbocycles. The summed E-state index contributed by atoms with van der Waals surface area (Å²) in [6.45, 7) is 0. The Bertz CT molecular complexity index is 1100. The molecule has 0 fully saturated rings. The number of nitrogens with zero attached hydrogens (tertiary/aromatic N) is 2. The number of nitrogens with one attached hydrogen (secondary N) is 1. The van der Waals surface area contributed by atoms with Gasteiger partial charge in [-0.3, -0.25) is 4.79 Å². The number of carbonyl (C=O) groups is 1. The maximum absolute atomic E-state index is 12.3. The number of thiazole rings is 2. The molecule has 9 heteroatoms. The minimum atomic E-state index is -0.0530. The molecule has 26 heavy (non-hydrogen) atoms. The molecular formula is C17H14N4OS4. The first-order valence-corrected chi connectivity index (χ1v) is 11.5. The molecule has 4 rings (SSSR count). The fourth-order valence-corrected chi connectivity index (χ4v) is 5.82. The van der Waals surface area contributed by atoms with Crippen LogP contribution in [0.1, 0.15) is 0 Å². The Balaban J connectivity index is 1.41. The average molecular weight is 419 g/mol. The summed E-state index contributed by atoms with van der Waals surface area (Å²) < 4.78 is 4.00. The van der Waals surface area contributed by atoms with Crippen LogP contribution in [0.15, 0.2) is 45.1 Å². The summed E-state index contributed by atoms with van der Waals surface area (Å²) in [7, 11) is 0. The monoisotopic (exact) mass is 418 g/mol. The smallest absolute Gasteiger partial charge is 0.234 e. The van der Waals surface area contributed by atoms with Crippen LogP contribution in [-0.2, 0) is 4.79 Å². The van der Waals surface area contributed by atoms with Gasteiger partial charge in [0, 0.05) is 11.4 Å². The van der Waals surface area contributed by atoms with Crippen LogP contribution in [0.3, 0.4) is 0 Å². The van der Waals surface area contributed by atoms with Crippen molar-refractivity contribution in [1.29, 1.82) is 0 Å². The first-order chi connectivity index (χ1) is 12.6. The number of rotatable bonds is 5. The van der Waals surface area contributed by atoms with E-state index in [-0.39, 0.29) is 5.91 Å². The van der Waals surface area contributed by atoms with Crippen molar-refractivity contribution in [2.75, 3.05) is 23.1 Å². The Morgan fingerprint density at radius 1 is 1.08 bits per heavy atom. The van der Waals surface area contributed by atoms with Crippen LogP contribution in [-0.4, -0.2) is 27.9 Å². The summed E-state index contributed by atoms with van der Waals surface area (Å²) in [5.74, 6) is 0.259. The molecule has 2 aromatic carbocycles. The molecule has 0 saturated heterocycles. The second-order valence-electron chi connectivity index (χ2n) is 5.41. The van der Waals surface area contributed by atoms with E-state index in [2.05, 4.69) is 15.3 Å². The van der Waals surface area contributed by atoms with Gasteiger partial charge in [-0.05, 0) is 42.7 Å². The lowest BCUT2D eigenvalue weighted by Crippen LogP contribution is -2.13. The number of hydrogen-bond acceptors (Lipinski definition) is 8. The number of anilines is 2. The Labute approximate surface area is 166 Å². The van der Waals surface area contributed by atoms with Crippen LogP contribution in [0, 0.1) is 0 Å². The Morgan fingerprint density at radius 2 is 1.77 bits per heavy atom. The molecular weight excluding hydrogens is 404 g/mol. The lowest BCUT2D eigenvalue weighted by Gasteiger charge is -2.03. The molecule has 0 bridgehead atoms. The van der Waals surface area contributed by atoms with E-state index in [1.165, 1.54) is 11.8 Å². The number of carbonyl (C=O) groups excluding carboxylic acids is 1. The van der Waals surface area contributed by atoms with Gasteiger partial charge < -0.3 is 11.1 Å². The number of benzene rings is 2. The number of hydrogen-bond donors (Lipinski definition) is 2. The van der Waals surface area contributed by atoms with Gasteiger partial charge in [0.2, 0.25) is 5.91 Å². The van der Waals surface area contributed by atoms with Gasteiger partial charge in [0.25, 0.3) is 0 Å². The molecule has 0 aliphatic rings. The van der Waals surface area contributed by atoms with E-state index >= 15 is 0 Å². The van der Waals surface area contributed by atoms with Crippen molar-refractivity contribution in [3.05, 3.63) is 36.4 Å². The number of fused-ring (bicyclic) bond motifs is 2. The fourth-order valence-electron chi connectivity index (χ4n) is 2.37. The Hall–Kier alpha value is -1.81. The molecule has 4 aromatic rings. The number of aromatic nitrogens is 2. The highest BCUT2D eigenvalue weighted by atomic mass is 32.2. The fraction of sp³-hybridized carbons (Fsp3) is 0.118. The predicted octanol–water partition coefficient (Wildman–Crippen LogP) is 4.94. The molecule has 0 saturated carbocycles. The zero-order chi connectivity index (χ0) is 18.1. The SMILES string of the molecule is CSc1nc2ccc(NC(=O)CSc3nc4ccc(N)cc4s3)cc2s1. The zero-order valence-corrected chi connectivity index (χ0v) is 17.0. The minimum absolute atomic E-state index is 0.0530. The summed E-state index contributed by atoms with van der Waals surface area (Å²) in [6.07, 6.45) is 2.01. The lowest BCUT2D eigenvalue weighted by atomic mass is 10.3. The van der Waals surface area contributed by atoms with Crippen molar-refractivity contribution in [3.63, 3.8) is 0 Å². The average Bonchev–Trinajstić information content (AvgIpc) is 3.22. The largest absolute Gasteiger partial charge is 0.399 e. The third-order valence-corrected chi connectivity index (χ3v) is 7.71. The zero-order valence-electron chi connectivity index (χ0n) is 13.7. The maximum atomic E-state index is 12.3. The summed E-state index contributed by atoms with van der Waals surface area (Å²) in [5, 5.41) is 2.94. The van der Waals surface area contributed by atoms with E-state index < -0.39 is 0 Å². The Kier molecular flexibility index (Phi) is 5.03. The van der Waals surface area contributed by atoms with Gasteiger partial charge in [-0.2, -0.15) is 0 Å². The molecule has 2 heterocycles. The van der Waals surface area contributed by atoms with E-state index in [0.717, 1.165) is 40.5 Å². The van der Waals surface area contributed by atoms with Crippen molar-refractivity contribution < 1.29 is 4.79 Å². The molecule has 2 aromatic heterocycles. The number of nitrogen functional groups attached to an aromatic ring is 1. The van der Waals surface area contributed by atoms with Gasteiger partial charge in [-0.1, -0.05) is 23.5 Å². The maximum Gasteiger partial charge on any atom is 0.234 e. The van der Waals surface area contributed by atoms with Crippen molar-refractivity contribution in [2.45, 2.75) is 8.68 Å². The van der Waals surface area contributed by atoms with Gasteiger partial charge in [-0.15, -0.1) is 22.7 Å². The van der Waals surface area contributed by atoms with Crippen molar-refractivity contribution in [3.8, 4) is 0 Å². The topological polar surface area (TPSA) is 80.9 Å². The molecule has 0 atom stereocenters. The van der Waals surface area contributed by atoms with Crippen molar-refractivity contribution >= 4 is 83.9 Å². The molecule has 0 aliphatic heterocycles. The highest BCUT2D eigenvalue weighted by molar-refractivity contribution is 8.01. The number of amides is 1. The molecule has 0 radical (unpaired) electrons. The van der Waals surface area contributed by atoms with E-state index in [1.807, 2.05) is 42.7 Å². The predicted molar refractivity (Wildman–Crippen MR) is 115 cm³/mol. The van der Waals surface area contributed by atoms with Gasteiger partial charge in [-0.25, -0.2) is 9.97 Å². The van der Waals surface area contributed by atoms with Gasteiger partial charge in [0.1, 0.15) is 0 Å². The van der Waals surface area contributed by atoms with E-state index in [0.29, 0.717) is 5.75 Å². The summed E-state index contributed by atoms with van der Waals surface area (Å²) >= 11 is 6.24. The summed E-state index contributed by atoms with van der Waals surface area (Å²) in [5.41, 5.74) is 9.17. The van der Waals surface area contributed by atoms with Crippen LogP contribution < -0.4 is 11.1 Å². The molecule has 5 nitrogen and oxygen atoms in total. The second kappa shape index (κ2) is 7.43. The quantitative estimate of drug-likeness (QED) is 0.353. The van der Waals surface area contributed by atoms with E-state index in [9.17, 15) is 4.79 Å². The first-order valence-electron chi connectivity index (χ1n) is 7.64. The first kappa shape index (κ1) is 17.6. The lowest BCUT2D eigenvalue weighted by molar-refractivity contribution is -0.113. The Morgan fingerprint density at radius 3 is 2.58 bits per heavy atom. The highest BCUT2D eigenvalue weighted by Gasteiger charge is 2.10. The van der Waals surface area contributed by atoms with Crippen LogP contribution in [0.4, 0.5) is 11.4 Å². The molecule has 1 amide bonds. The molecule has 132 valence electrons. The van der Waals surface area contributed by atoms with Crippen LogP contribution in [0.25, 0.3) is 20.4 Å². The number of nitrogens with two attached hydrogens (primary N) is 1. The van der Waals surface area contributed by atoms with Crippen LogP contribution in [0.5, 0.6) is 0 Å². The normalized spacial score (nSPS) is 11.3. The van der Waals surface area contributed by atoms with Crippen molar-refractivity contribution in [2.24, 2.45) is 0 Å². The van der Waals surface area contributed by atoms with Crippen molar-refractivity contribution in [1.82, 2.24) is 9.97 Å². The second-order valence-corrected chi connectivity index (χ2v) is 9.75. The third-order valence-electron chi connectivity index (χ3n) is 3.55. The van der Waals surface area contributed by atoms with E-state index in [4.69, 9.17) is 5.73 Å².